The van der Waals surface area contributed by atoms with Gasteiger partial charge in [-0.05, 0) is 0 Å². The van der Waals surface area contributed by atoms with Crippen molar-refractivity contribution in [3.63, 3.8) is 0 Å². The van der Waals surface area contributed by atoms with Gasteiger partial charge in [-0.25, -0.2) is 9.88 Å². The van der Waals surface area contributed by atoms with Crippen molar-refractivity contribution in [2.45, 2.75) is 12.8 Å². The molecular weight excluding hydrogens is 236 g/mol. The predicted octanol–water partition coefficient (Wildman–Crippen LogP) is 0.323. The number of nitrogens with one attached hydrogen (secondary N) is 1. The number of imide groups is 1. The molecule has 1 aromatic heterocycles. The number of carbonyl (C=O) groups is 2. The van der Waals surface area contributed by atoms with Crippen LogP contribution in [0.4, 0.5) is 11.5 Å². The Morgan fingerprint density at radius 1 is 1.44 bits per heavy atom. The van der Waals surface area contributed by atoms with Gasteiger partial charge in [0.25, 0.3) is 0 Å². The summed E-state index contributed by atoms with van der Waals surface area (Å²) in [5, 5.41) is 7.34. The molecule has 0 saturated carbocycles. The summed E-state index contributed by atoms with van der Waals surface area (Å²) in [5.41, 5.74) is 6.19. The molecule has 7 nitrogen and oxygen atoms in total. The first kappa shape index (κ1) is 12.0. The zero-order valence-electron chi connectivity index (χ0n) is 9.77. The van der Waals surface area contributed by atoms with E-state index in [4.69, 9.17) is 15.9 Å². The average Bonchev–Trinajstić information content (AvgIpc) is 2.69. The minimum Gasteiger partial charge on any atom is -0.493 e. The van der Waals surface area contributed by atoms with Gasteiger partial charge in [0.1, 0.15) is 0 Å². The van der Waals surface area contributed by atoms with Crippen LogP contribution in [0.25, 0.3) is 0 Å². The molecule has 2 rings (SSSR count). The van der Waals surface area contributed by atoms with Crippen LogP contribution in [0.15, 0.2) is 6.20 Å². The Labute approximate surface area is 103 Å². The van der Waals surface area contributed by atoms with E-state index in [2.05, 4.69) is 4.98 Å². The molecule has 2 amide bonds. The third-order valence-corrected chi connectivity index (χ3v) is 2.73. The van der Waals surface area contributed by atoms with Crippen molar-refractivity contribution in [2.24, 2.45) is 0 Å². The summed E-state index contributed by atoms with van der Waals surface area (Å²) in [4.78, 5) is 28.2. The summed E-state index contributed by atoms with van der Waals surface area (Å²) >= 11 is 0. The number of hydrogen-bond acceptors (Lipinski definition) is 6. The minimum atomic E-state index is -0.333. The standard InChI is InChI=1S/C11H12N4O3/c1-18-7-5-14-11(6(4-12)10(7)13)15-8(16)2-3-9(15)17/h4-5,12H,2-3H2,1H3,(H2,13,14). The van der Waals surface area contributed by atoms with E-state index in [1.165, 1.54) is 13.3 Å². The van der Waals surface area contributed by atoms with Crippen LogP contribution in [-0.2, 0) is 9.59 Å². The Balaban J connectivity index is 2.58. The molecule has 0 bridgehead atoms. The maximum Gasteiger partial charge on any atom is 0.235 e. The molecule has 18 heavy (non-hydrogen) atoms. The van der Waals surface area contributed by atoms with E-state index in [0.29, 0.717) is 5.75 Å². The number of aromatic nitrogens is 1. The summed E-state index contributed by atoms with van der Waals surface area (Å²) in [6.07, 6.45) is 2.60. The number of anilines is 2. The smallest absolute Gasteiger partial charge is 0.235 e. The fourth-order valence-electron chi connectivity index (χ4n) is 1.81. The Hall–Kier alpha value is -2.44. The summed E-state index contributed by atoms with van der Waals surface area (Å²) < 4.78 is 4.98. The number of hydrogen-bond donors (Lipinski definition) is 2. The molecule has 1 saturated heterocycles. The first-order valence-corrected chi connectivity index (χ1v) is 5.29. The normalized spacial score (nSPS) is 15.1. The average molecular weight is 248 g/mol. The van der Waals surface area contributed by atoms with E-state index < -0.39 is 0 Å². The lowest BCUT2D eigenvalue weighted by molar-refractivity contribution is -0.121. The second kappa shape index (κ2) is 4.44. The highest BCUT2D eigenvalue weighted by Crippen LogP contribution is 2.32. The summed E-state index contributed by atoms with van der Waals surface area (Å²) in [5.74, 6) is -0.271. The van der Waals surface area contributed by atoms with Gasteiger partial charge < -0.3 is 15.9 Å². The highest BCUT2D eigenvalue weighted by atomic mass is 16.5. The fourth-order valence-corrected chi connectivity index (χ4v) is 1.81. The number of methoxy groups -OCH3 is 1. The number of amides is 2. The SMILES string of the molecule is COc1cnc(N2C(=O)CCC2=O)c(C=N)c1N. The Bertz CT molecular complexity index is 525. The number of pyridine rings is 1. The van der Waals surface area contributed by atoms with Crippen LogP contribution in [-0.4, -0.2) is 30.1 Å². The topological polar surface area (TPSA) is 109 Å². The van der Waals surface area contributed by atoms with Crippen LogP contribution in [0.3, 0.4) is 0 Å². The van der Waals surface area contributed by atoms with E-state index in [1.807, 2.05) is 0 Å². The Morgan fingerprint density at radius 3 is 2.56 bits per heavy atom. The maximum atomic E-state index is 11.6. The number of rotatable bonds is 3. The largest absolute Gasteiger partial charge is 0.493 e. The molecule has 1 aromatic rings. The lowest BCUT2D eigenvalue weighted by atomic mass is 10.2. The second-order valence-electron chi connectivity index (χ2n) is 3.74. The van der Waals surface area contributed by atoms with Gasteiger partial charge in [-0.15, -0.1) is 0 Å². The van der Waals surface area contributed by atoms with Gasteiger partial charge >= 0.3 is 0 Å². The van der Waals surface area contributed by atoms with E-state index >= 15 is 0 Å². The van der Waals surface area contributed by atoms with Crippen molar-refractivity contribution in [2.75, 3.05) is 17.7 Å². The predicted molar refractivity (Wildman–Crippen MR) is 64.8 cm³/mol. The molecule has 1 aliphatic rings. The number of nitrogen functional groups attached to an aromatic ring is 1. The van der Waals surface area contributed by atoms with Crippen molar-refractivity contribution in [1.29, 1.82) is 5.41 Å². The minimum absolute atomic E-state index is 0.0933. The number of nitrogens with two attached hydrogens (primary N) is 1. The van der Waals surface area contributed by atoms with Crippen molar-refractivity contribution >= 4 is 29.5 Å². The van der Waals surface area contributed by atoms with Crippen LogP contribution in [0.5, 0.6) is 5.75 Å². The van der Waals surface area contributed by atoms with E-state index in [1.54, 1.807) is 0 Å². The van der Waals surface area contributed by atoms with Crippen molar-refractivity contribution in [3.05, 3.63) is 11.8 Å². The van der Waals surface area contributed by atoms with Crippen LogP contribution in [0.1, 0.15) is 18.4 Å². The summed E-state index contributed by atoms with van der Waals surface area (Å²) in [7, 11) is 1.42. The third kappa shape index (κ3) is 1.69. The molecule has 1 fully saturated rings. The van der Waals surface area contributed by atoms with Gasteiger partial charge in [-0.3, -0.25) is 9.59 Å². The fraction of sp³-hybridized carbons (Fsp3) is 0.273. The van der Waals surface area contributed by atoms with Crippen LogP contribution in [0, 0.1) is 5.41 Å². The molecule has 0 radical (unpaired) electrons. The lowest BCUT2D eigenvalue weighted by Gasteiger charge is -2.17. The third-order valence-electron chi connectivity index (χ3n) is 2.73. The van der Waals surface area contributed by atoms with Crippen molar-refractivity contribution in [3.8, 4) is 5.75 Å². The van der Waals surface area contributed by atoms with E-state index in [0.717, 1.165) is 11.1 Å². The molecule has 0 aromatic carbocycles. The van der Waals surface area contributed by atoms with Crippen molar-refractivity contribution in [1.82, 2.24) is 4.98 Å². The van der Waals surface area contributed by atoms with Crippen LogP contribution >= 0.6 is 0 Å². The highest BCUT2D eigenvalue weighted by molar-refractivity contribution is 6.21. The molecule has 94 valence electrons. The first-order chi connectivity index (χ1) is 8.60. The lowest BCUT2D eigenvalue weighted by Crippen LogP contribution is -2.30. The number of nitrogens with zero attached hydrogens (tertiary/aromatic N) is 2. The summed E-state index contributed by atoms with van der Waals surface area (Å²) in [6, 6.07) is 0. The molecule has 2 heterocycles. The molecule has 1 aliphatic heterocycles. The van der Waals surface area contributed by atoms with Gasteiger partial charge in [0.15, 0.2) is 11.6 Å². The van der Waals surface area contributed by atoms with E-state index in [9.17, 15) is 9.59 Å². The van der Waals surface area contributed by atoms with Crippen LogP contribution in [0.2, 0.25) is 0 Å². The number of carbonyl (C=O) groups excluding carboxylic acids is 2. The molecule has 0 unspecified atom stereocenters. The van der Waals surface area contributed by atoms with Crippen LogP contribution < -0.4 is 15.4 Å². The molecule has 7 heteroatoms. The number of ether oxygens (including phenoxy) is 1. The van der Waals surface area contributed by atoms with Gasteiger partial charge in [0.2, 0.25) is 11.8 Å². The Morgan fingerprint density at radius 2 is 2.06 bits per heavy atom. The zero-order chi connectivity index (χ0) is 13.3. The molecule has 0 spiro atoms. The van der Waals surface area contributed by atoms with Gasteiger partial charge in [-0.2, -0.15) is 0 Å². The highest BCUT2D eigenvalue weighted by Gasteiger charge is 2.33. The summed E-state index contributed by atoms with van der Waals surface area (Å²) in [6.45, 7) is 0. The molecule has 0 aliphatic carbocycles. The zero-order valence-corrected chi connectivity index (χ0v) is 9.77. The Kier molecular flexibility index (Phi) is 2.97. The van der Waals surface area contributed by atoms with Gasteiger partial charge in [-0.1, -0.05) is 0 Å². The van der Waals surface area contributed by atoms with E-state index in [-0.39, 0.29) is 41.7 Å². The molecule has 3 N–H and O–H groups in total. The maximum absolute atomic E-state index is 11.6. The second-order valence-corrected chi connectivity index (χ2v) is 3.74. The quantitative estimate of drug-likeness (QED) is 0.591. The molecular formula is C11H12N4O3. The monoisotopic (exact) mass is 248 g/mol. The first-order valence-electron chi connectivity index (χ1n) is 5.29. The van der Waals surface area contributed by atoms with Gasteiger partial charge in [0.05, 0.1) is 24.6 Å². The van der Waals surface area contributed by atoms with Crippen molar-refractivity contribution < 1.29 is 14.3 Å². The molecule has 0 atom stereocenters. The van der Waals surface area contributed by atoms with Gasteiger partial charge in [0, 0.05) is 19.1 Å².